The predicted molar refractivity (Wildman–Crippen MR) is 98.3 cm³/mol. The molecule has 2 saturated heterocycles. The summed E-state index contributed by atoms with van der Waals surface area (Å²) < 4.78 is 0. The van der Waals surface area contributed by atoms with Gasteiger partial charge in [0.2, 0.25) is 11.9 Å². The van der Waals surface area contributed by atoms with Crippen LogP contribution in [0, 0.1) is 11.3 Å². The molecule has 0 N–H and O–H groups in total. The molecule has 3 heterocycles. The number of hydrogen-bond donors (Lipinski definition) is 0. The Hall–Kier alpha value is -1.65. The van der Waals surface area contributed by atoms with Gasteiger partial charge < -0.3 is 9.80 Å². The number of amides is 1. The Morgan fingerprint density at radius 1 is 0.960 bits per heavy atom. The minimum absolute atomic E-state index is 0.307. The maximum absolute atomic E-state index is 13.0. The molecule has 0 bridgehead atoms. The molecule has 2 aliphatic heterocycles. The van der Waals surface area contributed by atoms with Gasteiger partial charge in [-0.25, -0.2) is 9.97 Å². The molecule has 0 aromatic carbocycles. The van der Waals surface area contributed by atoms with Gasteiger partial charge in [-0.3, -0.25) is 4.79 Å². The summed E-state index contributed by atoms with van der Waals surface area (Å²) >= 11 is 0. The Bertz CT molecular complexity index is 577. The Kier molecular flexibility index (Phi) is 4.91. The lowest BCUT2D eigenvalue weighted by atomic mass is 9.72. The maximum Gasteiger partial charge on any atom is 0.225 e. The number of carbonyl (C=O) groups is 1. The first-order chi connectivity index (χ1) is 12.3. The first-order valence-corrected chi connectivity index (χ1v) is 10.1. The third kappa shape index (κ3) is 3.65. The van der Waals surface area contributed by atoms with Crippen molar-refractivity contribution < 1.29 is 4.79 Å². The Balaban J connectivity index is 1.37. The molecule has 0 atom stereocenters. The molecule has 3 fully saturated rings. The van der Waals surface area contributed by atoms with Crippen molar-refractivity contribution in [3.8, 4) is 0 Å². The number of hydrogen-bond acceptors (Lipinski definition) is 4. The fourth-order valence-electron chi connectivity index (χ4n) is 5.05. The van der Waals surface area contributed by atoms with Crippen molar-refractivity contribution in [3.63, 3.8) is 0 Å². The van der Waals surface area contributed by atoms with Crippen LogP contribution < -0.4 is 4.90 Å². The SMILES string of the molecule is O=C(C1CCCCC1)N1CCCC2(CCN(c3ncccn3)CC2)C1. The summed E-state index contributed by atoms with van der Waals surface area (Å²) in [4.78, 5) is 26.3. The van der Waals surface area contributed by atoms with E-state index in [2.05, 4.69) is 19.8 Å². The molecule has 3 aliphatic rings. The molecule has 1 aliphatic carbocycles. The Morgan fingerprint density at radius 3 is 2.40 bits per heavy atom. The standard InChI is InChI=1S/C20H30N4O/c25-18(17-6-2-1-3-7-17)24-13-4-8-20(16-24)9-14-23(15-10-20)19-21-11-5-12-22-19/h5,11-12,17H,1-4,6-10,13-16H2. The lowest BCUT2D eigenvalue weighted by Gasteiger charge is -2.48. The van der Waals surface area contributed by atoms with Crippen LogP contribution in [-0.4, -0.2) is 47.0 Å². The number of rotatable bonds is 2. The highest BCUT2D eigenvalue weighted by Gasteiger charge is 2.41. The molecule has 0 radical (unpaired) electrons. The van der Waals surface area contributed by atoms with Crippen LogP contribution in [0.25, 0.3) is 0 Å². The van der Waals surface area contributed by atoms with E-state index in [4.69, 9.17) is 0 Å². The first-order valence-electron chi connectivity index (χ1n) is 10.1. The van der Waals surface area contributed by atoms with Gasteiger partial charge in [0, 0.05) is 44.5 Å². The summed E-state index contributed by atoms with van der Waals surface area (Å²) in [6.45, 7) is 3.97. The van der Waals surface area contributed by atoms with E-state index in [1.165, 1.54) is 32.1 Å². The molecule has 1 aromatic rings. The third-order valence-corrected chi connectivity index (χ3v) is 6.59. The minimum atomic E-state index is 0.307. The summed E-state index contributed by atoms with van der Waals surface area (Å²) in [5.74, 6) is 1.61. The van der Waals surface area contributed by atoms with E-state index in [0.29, 0.717) is 17.2 Å². The average molecular weight is 342 g/mol. The van der Waals surface area contributed by atoms with E-state index in [0.717, 1.165) is 57.8 Å². The van der Waals surface area contributed by atoms with E-state index in [-0.39, 0.29) is 0 Å². The van der Waals surface area contributed by atoms with Crippen molar-refractivity contribution in [1.29, 1.82) is 0 Å². The zero-order valence-corrected chi connectivity index (χ0v) is 15.2. The molecule has 136 valence electrons. The van der Waals surface area contributed by atoms with E-state index in [1.54, 1.807) is 0 Å². The van der Waals surface area contributed by atoms with Gasteiger partial charge in [0.25, 0.3) is 0 Å². The number of nitrogens with zero attached hydrogens (tertiary/aromatic N) is 4. The number of carbonyl (C=O) groups excluding carboxylic acids is 1. The first kappa shape index (κ1) is 16.8. The van der Waals surface area contributed by atoms with E-state index < -0.39 is 0 Å². The summed E-state index contributed by atoms with van der Waals surface area (Å²) in [5.41, 5.74) is 0.327. The van der Waals surface area contributed by atoms with Gasteiger partial charge in [0.1, 0.15) is 0 Å². The Morgan fingerprint density at radius 2 is 1.68 bits per heavy atom. The zero-order valence-electron chi connectivity index (χ0n) is 15.2. The average Bonchev–Trinajstić information content (AvgIpc) is 2.69. The van der Waals surface area contributed by atoms with Crippen LogP contribution in [0.15, 0.2) is 18.5 Å². The highest BCUT2D eigenvalue weighted by molar-refractivity contribution is 5.79. The number of anilines is 1. The van der Waals surface area contributed by atoms with E-state index >= 15 is 0 Å². The highest BCUT2D eigenvalue weighted by atomic mass is 16.2. The van der Waals surface area contributed by atoms with E-state index in [1.807, 2.05) is 18.5 Å². The number of aromatic nitrogens is 2. The van der Waals surface area contributed by atoms with Gasteiger partial charge in [-0.2, -0.15) is 0 Å². The van der Waals surface area contributed by atoms with Crippen molar-refractivity contribution in [3.05, 3.63) is 18.5 Å². The quantitative estimate of drug-likeness (QED) is 0.828. The van der Waals surface area contributed by atoms with Crippen LogP contribution in [0.5, 0.6) is 0 Å². The summed E-state index contributed by atoms with van der Waals surface area (Å²) in [6, 6.07) is 1.87. The summed E-state index contributed by atoms with van der Waals surface area (Å²) in [7, 11) is 0. The van der Waals surface area contributed by atoms with Crippen LogP contribution in [-0.2, 0) is 4.79 Å². The van der Waals surface area contributed by atoms with Gasteiger partial charge >= 0.3 is 0 Å². The summed E-state index contributed by atoms with van der Waals surface area (Å²) in [6.07, 6.45) is 14.4. The largest absolute Gasteiger partial charge is 0.342 e. The second kappa shape index (κ2) is 7.30. The topological polar surface area (TPSA) is 49.3 Å². The second-order valence-electron chi connectivity index (χ2n) is 8.23. The van der Waals surface area contributed by atoms with Crippen molar-refractivity contribution in [1.82, 2.24) is 14.9 Å². The molecule has 1 amide bonds. The van der Waals surface area contributed by atoms with Crippen LogP contribution in [0.2, 0.25) is 0 Å². The minimum Gasteiger partial charge on any atom is -0.342 e. The van der Waals surface area contributed by atoms with Crippen LogP contribution in [0.1, 0.15) is 57.8 Å². The fraction of sp³-hybridized carbons (Fsp3) is 0.750. The van der Waals surface area contributed by atoms with Gasteiger partial charge in [-0.15, -0.1) is 0 Å². The van der Waals surface area contributed by atoms with Crippen molar-refractivity contribution in [2.24, 2.45) is 11.3 Å². The van der Waals surface area contributed by atoms with Crippen molar-refractivity contribution in [2.75, 3.05) is 31.1 Å². The fourth-order valence-corrected chi connectivity index (χ4v) is 5.05. The number of likely N-dealkylation sites (tertiary alicyclic amines) is 1. The zero-order chi connectivity index (χ0) is 17.1. The van der Waals surface area contributed by atoms with Crippen LogP contribution in [0.4, 0.5) is 5.95 Å². The molecule has 4 rings (SSSR count). The van der Waals surface area contributed by atoms with Crippen LogP contribution in [0.3, 0.4) is 0 Å². The van der Waals surface area contributed by atoms with Gasteiger partial charge in [-0.1, -0.05) is 19.3 Å². The molecule has 1 saturated carbocycles. The lowest BCUT2D eigenvalue weighted by Crippen LogP contribution is -2.52. The van der Waals surface area contributed by atoms with Gasteiger partial charge in [0.05, 0.1) is 0 Å². The smallest absolute Gasteiger partial charge is 0.225 e. The highest BCUT2D eigenvalue weighted by Crippen LogP contribution is 2.41. The van der Waals surface area contributed by atoms with Crippen molar-refractivity contribution >= 4 is 11.9 Å². The normalized spacial score (nSPS) is 24.5. The second-order valence-corrected chi connectivity index (χ2v) is 8.23. The monoisotopic (exact) mass is 342 g/mol. The summed E-state index contributed by atoms with van der Waals surface area (Å²) in [5, 5.41) is 0. The van der Waals surface area contributed by atoms with Crippen molar-refractivity contribution in [2.45, 2.75) is 57.8 Å². The van der Waals surface area contributed by atoms with Gasteiger partial charge in [-0.05, 0) is 50.0 Å². The lowest BCUT2D eigenvalue weighted by molar-refractivity contribution is -0.140. The molecular weight excluding hydrogens is 312 g/mol. The molecule has 0 unspecified atom stereocenters. The molecular formula is C20H30N4O. The van der Waals surface area contributed by atoms with Gasteiger partial charge in [0.15, 0.2) is 0 Å². The molecule has 1 spiro atoms. The third-order valence-electron chi connectivity index (χ3n) is 6.59. The maximum atomic E-state index is 13.0. The number of piperidine rings is 2. The molecule has 5 nitrogen and oxygen atoms in total. The molecule has 5 heteroatoms. The predicted octanol–water partition coefficient (Wildman–Crippen LogP) is 3.27. The Labute approximate surface area is 150 Å². The van der Waals surface area contributed by atoms with Crippen LogP contribution >= 0.6 is 0 Å². The molecule has 25 heavy (non-hydrogen) atoms. The molecule has 1 aromatic heterocycles. The van der Waals surface area contributed by atoms with E-state index in [9.17, 15) is 4.79 Å².